The molecule has 0 aromatic heterocycles. The smallest absolute Gasteiger partial charge is 0.313 e. The van der Waals surface area contributed by atoms with Crippen LogP contribution in [0.25, 0.3) is 0 Å². The standard InChI is InChI=1S/C23H38O3Si/c1-9-12-20(26-27(7,8)22(4,5)6)19-16-25-21(24)23(19)15-17(10-2)13-14-18(23)11-3/h9-11,17-20H,1-3,12-16H2,4-8H3/t17-,18+,19+,20-,23+/m0/s1. The highest BCUT2D eigenvalue weighted by Gasteiger charge is 2.61. The molecule has 1 saturated heterocycles. The van der Waals surface area contributed by atoms with E-state index in [1.807, 2.05) is 18.2 Å². The number of esters is 1. The van der Waals surface area contributed by atoms with Gasteiger partial charge in [-0.3, -0.25) is 4.79 Å². The van der Waals surface area contributed by atoms with Crippen LogP contribution in [0.1, 0.15) is 46.5 Å². The summed E-state index contributed by atoms with van der Waals surface area (Å²) in [6, 6.07) is 0. The lowest BCUT2D eigenvalue weighted by molar-refractivity contribution is -0.152. The molecule has 2 rings (SSSR count). The summed E-state index contributed by atoms with van der Waals surface area (Å²) >= 11 is 0. The molecule has 0 amide bonds. The SMILES string of the molecule is C=CC[C@H](O[Si](C)(C)C(C)(C)C)[C@H]1COC(=O)[C@@]12C[C@@H](C=C)CC[C@H]2C=C. The Morgan fingerprint density at radius 2 is 1.93 bits per heavy atom. The number of ether oxygens (including phenoxy) is 1. The second kappa shape index (κ2) is 8.08. The lowest BCUT2D eigenvalue weighted by atomic mass is 9.57. The van der Waals surface area contributed by atoms with Crippen molar-refractivity contribution in [1.29, 1.82) is 0 Å². The Morgan fingerprint density at radius 1 is 1.26 bits per heavy atom. The highest BCUT2D eigenvalue weighted by molar-refractivity contribution is 6.74. The van der Waals surface area contributed by atoms with Crippen molar-refractivity contribution >= 4 is 14.3 Å². The zero-order valence-electron chi connectivity index (χ0n) is 17.9. The first-order chi connectivity index (χ1) is 12.5. The number of hydrogen-bond donors (Lipinski definition) is 0. The minimum Gasteiger partial charge on any atom is -0.465 e. The average molecular weight is 391 g/mol. The quantitative estimate of drug-likeness (QED) is 0.308. The molecule has 0 radical (unpaired) electrons. The Kier molecular flexibility index (Phi) is 6.63. The Bertz CT molecular complexity index is 589. The van der Waals surface area contributed by atoms with Gasteiger partial charge >= 0.3 is 5.97 Å². The average Bonchev–Trinajstić information content (AvgIpc) is 2.90. The molecule has 2 aliphatic rings. The van der Waals surface area contributed by atoms with Crippen molar-refractivity contribution < 1.29 is 14.0 Å². The van der Waals surface area contributed by atoms with Gasteiger partial charge in [0, 0.05) is 5.92 Å². The third-order valence-electron chi connectivity index (χ3n) is 7.26. The first-order valence-electron chi connectivity index (χ1n) is 10.2. The highest BCUT2D eigenvalue weighted by Crippen LogP contribution is 2.56. The molecule has 1 aliphatic carbocycles. The van der Waals surface area contributed by atoms with Gasteiger partial charge in [-0.05, 0) is 55.7 Å². The van der Waals surface area contributed by atoms with E-state index >= 15 is 0 Å². The summed E-state index contributed by atoms with van der Waals surface area (Å²) in [6.45, 7) is 23.7. The third-order valence-corrected chi connectivity index (χ3v) is 11.8. The van der Waals surface area contributed by atoms with Crippen LogP contribution in [-0.2, 0) is 14.0 Å². The fourth-order valence-corrected chi connectivity index (χ4v) is 5.95. The molecule has 5 atom stereocenters. The normalized spacial score (nSPS) is 32.8. The summed E-state index contributed by atoms with van der Waals surface area (Å²) in [5.41, 5.74) is -0.547. The predicted molar refractivity (Wildman–Crippen MR) is 115 cm³/mol. The fraction of sp³-hybridized carbons (Fsp3) is 0.696. The van der Waals surface area contributed by atoms with E-state index in [4.69, 9.17) is 9.16 Å². The van der Waals surface area contributed by atoms with E-state index in [0.29, 0.717) is 12.5 Å². The van der Waals surface area contributed by atoms with Crippen LogP contribution in [0, 0.1) is 23.2 Å². The molecule has 0 unspecified atom stereocenters. The minimum atomic E-state index is -1.99. The molecular weight excluding hydrogens is 352 g/mol. The summed E-state index contributed by atoms with van der Waals surface area (Å²) in [6.07, 6.45) is 9.36. The van der Waals surface area contributed by atoms with Crippen LogP contribution in [-0.4, -0.2) is 27.0 Å². The summed E-state index contributed by atoms with van der Waals surface area (Å²) in [4.78, 5) is 13.1. The molecule has 0 bridgehead atoms. The molecule has 1 spiro atoms. The number of cyclic esters (lactones) is 1. The fourth-order valence-electron chi connectivity index (χ4n) is 4.58. The topological polar surface area (TPSA) is 35.5 Å². The van der Waals surface area contributed by atoms with Crippen molar-refractivity contribution in [3.8, 4) is 0 Å². The lowest BCUT2D eigenvalue weighted by Gasteiger charge is -2.47. The summed E-state index contributed by atoms with van der Waals surface area (Å²) in [5, 5.41) is 0.108. The summed E-state index contributed by atoms with van der Waals surface area (Å²) in [7, 11) is -1.99. The van der Waals surface area contributed by atoms with Crippen molar-refractivity contribution in [2.24, 2.45) is 23.2 Å². The number of hydrogen-bond acceptors (Lipinski definition) is 3. The van der Waals surface area contributed by atoms with Gasteiger partial charge < -0.3 is 9.16 Å². The molecule has 1 heterocycles. The van der Waals surface area contributed by atoms with Crippen LogP contribution in [0.5, 0.6) is 0 Å². The van der Waals surface area contributed by atoms with E-state index in [9.17, 15) is 4.79 Å². The van der Waals surface area contributed by atoms with Crippen molar-refractivity contribution in [3.63, 3.8) is 0 Å². The lowest BCUT2D eigenvalue weighted by Crippen LogP contribution is -2.52. The van der Waals surface area contributed by atoms with Crippen LogP contribution in [0.2, 0.25) is 18.1 Å². The summed E-state index contributed by atoms with van der Waals surface area (Å²) < 4.78 is 12.5. The van der Waals surface area contributed by atoms with E-state index in [0.717, 1.165) is 25.7 Å². The number of carbonyl (C=O) groups is 1. The first kappa shape index (κ1) is 22.2. The van der Waals surface area contributed by atoms with E-state index in [-0.39, 0.29) is 28.9 Å². The summed E-state index contributed by atoms with van der Waals surface area (Å²) in [5.74, 6) is 0.426. The highest BCUT2D eigenvalue weighted by atomic mass is 28.4. The zero-order chi connectivity index (χ0) is 20.5. The monoisotopic (exact) mass is 390 g/mol. The molecule has 1 aliphatic heterocycles. The Morgan fingerprint density at radius 3 is 2.44 bits per heavy atom. The van der Waals surface area contributed by atoms with E-state index in [1.165, 1.54) is 0 Å². The van der Waals surface area contributed by atoms with Gasteiger partial charge in [0.1, 0.15) is 0 Å². The van der Waals surface area contributed by atoms with Gasteiger partial charge in [0.15, 0.2) is 8.32 Å². The van der Waals surface area contributed by atoms with Gasteiger partial charge in [0.25, 0.3) is 0 Å². The van der Waals surface area contributed by atoms with Crippen molar-refractivity contribution in [2.75, 3.05) is 6.61 Å². The third kappa shape index (κ3) is 4.02. The Hall–Kier alpha value is -1.13. The van der Waals surface area contributed by atoms with E-state index in [1.54, 1.807) is 0 Å². The Balaban J connectivity index is 2.44. The zero-order valence-corrected chi connectivity index (χ0v) is 18.9. The molecule has 3 nitrogen and oxygen atoms in total. The molecule has 0 aromatic rings. The molecule has 2 fully saturated rings. The minimum absolute atomic E-state index is 0.0304. The number of carbonyl (C=O) groups excluding carboxylic acids is 1. The maximum atomic E-state index is 13.1. The second-order valence-corrected chi connectivity index (χ2v) is 14.6. The first-order valence-corrected chi connectivity index (χ1v) is 13.2. The molecule has 4 heteroatoms. The van der Waals surface area contributed by atoms with Crippen LogP contribution in [0.3, 0.4) is 0 Å². The van der Waals surface area contributed by atoms with Crippen LogP contribution in [0.4, 0.5) is 0 Å². The number of rotatable bonds is 7. The van der Waals surface area contributed by atoms with Crippen molar-refractivity contribution in [2.45, 2.75) is 70.7 Å². The largest absolute Gasteiger partial charge is 0.465 e. The molecule has 0 aromatic carbocycles. The van der Waals surface area contributed by atoms with Crippen LogP contribution >= 0.6 is 0 Å². The van der Waals surface area contributed by atoms with Crippen LogP contribution < -0.4 is 0 Å². The molecule has 1 saturated carbocycles. The van der Waals surface area contributed by atoms with Gasteiger partial charge in [-0.15, -0.1) is 19.7 Å². The number of allylic oxidation sites excluding steroid dienone is 2. The van der Waals surface area contributed by atoms with Crippen molar-refractivity contribution in [1.82, 2.24) is 0 Å². The van der Waals surface area contributed by atoms with Gasteiger partial charge in [0.05, 0.1) is 18.1 Å². The second-order valence-electron chi connectivity index (χ2n) is 9.81. The molecule has 27 heavy (non-hydrogen) atoms. The van der Waals surface area contributed by atoms with Gasteiger partial charge in [0.2, 0.25) is 0 Å². The van der Waals surface area contributed by atoms with Gasteiger partial charge in [-0.2, -0.15) is 0 Å². The molecule has 0 N–H and O–H groups in total. The molecule has 152 valence electrons. The van der Waals surface area contributed by atoms with E-state index < -0.39 is 13.7 Å². The van der Waals surface area contributed by atoms with Crippen LogP contribution in [0.15, 0.2) is 38.0 Å². The van der Waals surface area contributed by atoms with E-state index in [2.05, 4.69) is 53.6 Å². The van der Waals surface area contributed by atoms with Gasteiger partial charge in [-0.1, -0.05) is 39.0 Å². The molecular formula is C23H38O3Si. The van der Waals surface area contributed by atoms with Gasteiger partial charge in [-0.25, -0.2) is 0 Å². The maximum Gasteiger partial charge on any atom is 0.313 e. The van der Waals surface area contributed by atoms with Crippen molar-refractivity contribution in [3.05, 3.63) is 38.0 Å². The maximum absolute atomic E-state index is 13.1. The Labute approximate surface area is 167 Å². The predicted octanol–water partition coefficient (Wildman–Crippen LogP) is 5.90.